The van der Waals surface area contributed by atoms with Crippen LogP contribution in [0.3, 0.4) is 0 Å². The lowest BCUT2D eigenvalue weighted by molar-refractivity contribution is 0.242. The van der Waals surface area contributed by atoms with Gasteiger partial charge in [-0.05, 0) is 64.2 Å². The third-order valence-corrected chi connectivity index (χ3v) is 4.35. The van der Waals surface area contributed by atoms with E-state index in [0.29, 0.717) is 6.04 Å². The lowest BCUT2D eigenvalue weighted by Gasteiger charge is -2.31. The van der Waals surface area contributed by atoms with Gasteiger partial charge >= 0.3 is 0 Å². The molecule has 124 valence electrons. The van der Waals surface area contributed by atoms with E-state index in [9.17, 15) is 0 Å². The average molecular weight is 304 g/mol. The fourth-order valence-electron chi connectivity index (χ4n) is 2.85. The van der Waals surface area contributed by atoms with Crippen LogP contribution < -0.4 is 15.0 Å². The summed E-state index contributed by atoms with van der Waals surface area (Å²) in [6, 6.07) is 7.26. The van der Waals surface area contributed by atoms with Crippen LogP contribution in [0, 0.1) is 0 Å². The molecular weight excluding hydrogens is 272 g/mol. The summed E-state index contributed by atoms with van der Waals surface area (Å²) < 4.78 is 6.10. The van der Waals surface area contributed by atoms with Crippen LogP contribution in [0.5, 0.6) is 5.75 Å². The molecule has 0 radical (unpaired) electrons. The van der Waals surface area contributed by atoms with Gasteiger partial charge in [-0.2, -0.15) is 0 Å². The van der Waals surface area contributed by atoms with Crippen molar-refractivity contribution in [2.45, 2.75) is 72.1 Å². The van der Waals surface area contributed by atoms with E-state index < -0.39 is 0 Å². The van der Waals surface area contributed by atoms with Gasteiger partial charge in [-0.1, -0.05) is 13.0 Å². The van der Waals surface area contributed by atoms with Gasteiger partial charge in [0, 0.05) is 25.7 Å². The van der Waals surface area contributed by atoms with Crippen LogP contribution in [0.15, 0.2) is 18.2 Å². The Morgan fingerprint density at radius 3 is 2.50 bits per heavy atom. The van der Waals surface area contributed by atoms with Crippen molar-refractivity contribution in [2.75, 3.05) is 18.0 Å². The SMILES string of the molecule is CCC(C)NCc1ccc(N2CCCCC2)c(OC(C)C)c1. The predicted molar refractivity (Wildman–Crippen MR) is 94.9 cm³/mol. The first-order valence-corrected chi connectivity index (χ1v) is 8.88. The summed E-state index contributed by atoms with van der Waals surface area (Å²) in [6.45, 7) is 11.9. The number of nitrogens with one attached hydrogen (secondary N) is 1. The fourth-order valence-corrected chi connectivity index (χ4v) is 2.85. The van der Waals surface area contributed by atoms with Crippen molar-refractivity contribution in [1.82, 2.24) is 5.32 Å². The minimum Gasteiger partial charge on any atom is -0.489 e. The molecule has 22 heavy (non-hydrogen) atoms. The Morgan fingerprint density at radius 2 is 1.86 bits per heavy atom. The Hall–Kier alpha value is -1.22. The van der Waals surface area contributed by atoms with E-state index in [4.69, 9.17) is 4.74 Å². The molecule has 1 aromatic rings. The molecule has 1 heterocycles. The highest BCUT2D eigenvalue weighted by atomic mass is 16.5. The molecule has 1 atom stereocenters. The third-order valence-electron chi connectivity index (χ3n) is 4.35. The van der Waals surface area contributed by atoms with E-state index in [-0.39, 0.29) is 6.10 Å². The molecule has 1 unspecified atom stereocenters. The minimum absolute atomic E-state index is 0.210. The van der Waals surface area contributed by atoms with Gasteiger partial charge in [0.15, 0.2) is 0 Å². The molecule has 1 aliphatic rings. The number of hydrogen-bond acceptors (Lipinski definition) is 3. The van der Waals surface area contributed by atoms with E-state index in [1.54, 1.807) is 0 Å². The Labute approximate surface area is 136 Å². The van der Waals surface area contributed by atoms with Crippen LogP contribution in [0.4, 0.5) is 5.69 Å². The molecule has 0 aromatic heterocycles. The minimum atomic E-state index is 0.210. The highest BCUT2D eigenvalue weighted by Crippen LogP contribution is 2.32. The van der Waals surface area contributed by atoms with Crippen LogP contribution in [0.1, 0.15) is 58.9 Å². The standard InChI is InChI=1S/C19H32N2O/c1-5-16(4)20-14-17-9-10-18(19(13-17)22-15(2)3)21-11-7-6-8-12-21/h9-10,13,15-16,20H,5-8,11-12,14H2,1-4H3. The third kappa shape index (κ3) is 4.91. The molecule has 1 fully saturated rings. The second kappa shape index (κ2) is 8.42. The van der Waals surface area contributed by atoms with Gasteiger partial charge < -0.3 is 15.0 Å². The van der Waals surface area contributed by atoms with Crippen molar-refractivity contribution < 1.29 is 4.74 Å². The van der Waals surface area contributed by atoms with Crippen LogP contribution in [-0.2, 0) is 6.54 Å². The number of hydrogen-bond donors (Lipinski definition) is 1. The summed E-state index contributed by atoms with van der Waals surface area (Å²) in [4.78, 5) is 2.48. The van der Waals surface area contributed by atoms with Gasteiger partial charge in [-0.3, -0.25) is 0 Å². The lowest BCUT2D eigenvalue weighted by atomic mass is 10.1. The van der Waals surface area contributed by atoms with Gasteiger partial charge in [-0.15, -0.1) is 0 Å². The van der Waals surface area contributed by atoms with Gasteiger partial charge in [0.25, 0.3) is 0 Å². The maximum Gasteiger partial charge on any atom is 0.143 e. The molecule has 3 heteroatoms. The number of rotatable bonds is 7. The Balaban J connectivity index is 2.14. The Morgan fingerprint density at radius 1 is 1.14 bits per heavy atom. The van der Waals surface area contributed by atoms with Crippen molar-refractivity contribution >= 4 is 5.69 Å². The van der Waals surface area contributed by atoms with Crippen molar-refractivity contribution in [2.24, 2.45) is 0 Å². The molecule has 0 spiro atoms. The molecule has 0 saturated carbocycles. The molecule has 2 rings (SSSR count). The molecule has 1 aliphatic heterocycles. The molecular formula is C19H32N2O. The van der Waals surface area contributed by atoms with Gasteiger partial charge in [0.05, 0.1) is 11.8 Å². The summed E-state index contributed by atoms with van der Waals surface area (Å²) >= 11 is 0. The van der Waals surface area contributed by atoms with E-state index in [2.05, 4.69) is 56.1 Å². The lowest BCUT2D eigenvalue weighted by Crippen LogP contribution is -2.30. The normalized spacial score (nSPS) is 16.9. The molecule has 1 aromatic carbocycles. The number of nitrogens with zero attached hydrogens (tertiary/aromatic N) is 1. The van der Waals surface area contributed by atoms with Crippen LogP contribution in [0.2, 0.25) is 0 Å². The average Bonchev–Trinajstić information content (AvgIpc) is 2.53. The predicted octanol–water partition coefficient (Wildman–Crippen LogP) is 4.35. The monoisotopic (exact) mass is 304 g/mol. The van der Waals surface area contributed by atoms with E-state index in [1.807, 2.05) is 0 Å². The second-order valence-electron chi connectivity index (χ2n) is 6.71. The highest BCUT2D eigenvalue weighted by Gasteiger charge is 2.16. The zero-order valence-electron chi connectivity index (χ0n) is 14.7. The summed E-state index contributed by atoms with van der Waals surface area (Å²) in [5.41, 5.74) is 2.57. The van der Waals surface area contributed by atoms with E-state index >= 15 is 0 Å². The molecule has 3 nitrogen and oxygen atoms in total. The van der Waals surface area contributed by atoms with E-state index in [1.165, 1.54) is 30.5 Å². The molecule has 0 amide bonds. The molecule has 0 bridgehead atoms. The fraction of sp³-hybridized carbons (Fsp3) is 0.684. The molecule has 0 aliphatic carbocycles. The largest absolute Gasteiger partial charge is 0.489 e. The van der Waals surface area contributed by atoms with Crippen LogP contribution >= 0.6 is 0 Å². The van der Waals surface area contributed by atoms with Crippen molar-refractivity contribution in [3.05, 3.63) is 23.8 Å². The number of anilines is 1. The first-order chi connectivity index (χ1) is 10.6. The Bertz CT molecular complexity index is 453. The number of benzene rings is 1. The topological polar surface area (TPSA) is 24.5 Å². The molecule has 1 N–H and O–H groups in total. The van der Waals surface area contributed by atoms with E-state index in [0.717, 1.165) is 31.8 Å². The van der Waals surface area contributed by atoms with Crippen molar-refractivity contribution in [3.63, 3.8) is 0 Å². The zero-order chi connectivity index (χ0) is 15.9. The quantitative estimate of drug-likeness (QED) is 0.810. The van der Waals surface area contributed by atoms with Crippen molar-refractivity contribution in [1.29, 1.82) is 0 Å². The van der Waals surface area contributed by atoms with Gasteiger partial charge in [-0.25, -0.2) is 0 Å². The summed E-state index contributed by atoms with van der Waals surface area (Å²) in [5.74, 6) is 1.04. The van der Waals surface area contributed by atoms with Crippen LogP contribution in [0.25, 0.3) is 0 Å². The number of ether oxygens (including phenoxy) is 1. The summed E-state index contributed by atoms with van der Waals surface area (Å²) in [7, 11) is 0. The van der Waals surface area contributed by atoms with Crippen LogP contribution in [-0.4, -0.2) is 25.2 Å². The smallest absolute Gasteiger partial charge is 0.143 e. The first kappa shape index (κ1) is 17.1. The van der Waals surface area contributed by atoms with Gasteiger partial charge in [0.2, 0.25) is 0 Å². The van der Waals surface area contributed by atoms with Gasteiger partial charge in [0.1, 0.15) is 5.75 Å². The first-order valence-electron chi connectivity index (χ1n) is 8.88. The Kier molecular flexibility index (Phi) is 6.56. The summed E-state index contributed by atoms with van der Waals surface area (Å²) in [6.07, 6.45) is 5.30. The highest BCUT2D eigenvalue weighted by molar-refractivity contribution is 5.60. The second-order valence-corrected chi connectivity index (χ2v) is 6.71. The maximum atomic E-state index is 6.10. The summed E-state index contributed by atoms with van der Waals surface area (Å²) in [5, 5.41) is 3.56. The molecule has 1 saturated heterocycles. The maximum absolute atomic E-state index is 6.10. The number of piperidine rings is 1. The van der Waals surface area contributed by atoms with Crippen molar-refractivity contribution in [3.8, 4) is 5.75 Å². The zero-order valence-corrected chi connectivity index (χ0v) is 14.7.